The number of rotatable bonds is 27. The summed E-state index contributed by atoms with van der Waals surface area (Å²) >= 11 is 0. The lowest BCUT2D eigenvalue weighted by molar-refractivity contribution is -0.197. The van der Waals surface area contributed by atoms with Gasteiger partial charge in [-0.05, 0) is 142 Å². The van der Waals surface area contributed by atoms with Crippen molar-refractivity contribution in [2.45, 2.75) is 115 Å². The molecule has 644 valence electrons. The molecule has 0 saturated carbocycles. The molecule has 29 heteroatoms. The first-order chi connectivity index (χ1) is 61.7. The summed E-state index contributed by atoms with van der Waals surface area (Å²) in [5.74, 6) is -0.0531. The van der Waals surface area contributed by atoms with Gasteiger partial charge in [0.05, 0.1) is 97.6 Å². The van der Waals surface area contributed by atoms with Crippen LogP contribution in [0.25, 0.3) is 0 Å². The number of aliphatic carboxylic acids is 1. The molecule has 10 aromatic rings. The molecule has 6 amide bonds. The largest absolute Gasteiger partial charge is 0.493 e. The van der Waals surface area contributed by atoms with Crippen LogP contribution < -0.4 is 67.3 Å². The number of fused-ring (bicyclic) bond motifs is 16. The number of carbonyl (C=O) groups is 8. The summed E-state index contributed by atoms with van der Waals surface area (Å²) in [7, 11) is 9.91. The van der Waals surface area contributed by atoms with E-state index in [9.17, 15) is 43.5 Å². The fourth-order valence-electron chi connectivity index (χ4n) is 17.7. The zero-order valence-electron chi connectivity index (χ0n) is 70.6. The third kappa shape index (κ3) is 16.5. The van der Waals surface area contributed by atoms with Gasteiger partial charge in [0, 0.05) is 162 Å². The molecule has 0 bridgehead atoms. The minimum atomic E-state index is -0.850. The van der Waals surface area contributed by atoms with Gasteiger partial charge >= 0.3 is 11.9 Å². The molecule has 29 nitrogen and oxygen atoms in total. The molecule has 10 aromatic carbocycles. The molecule has 0 aliphatic carbocycles. The van der Waals surface area contributed by atoms with Crippen LogP contribution >= 0.6 is 0 Å². The predicted molar refractivity (Wildman–Crippen MR) is 478 cm³/mol. The fraction of sp³-hybridized carbons (Fsp3) is 0.265. The van der Waals surface area contributed by atoms with Crippen molar-refractivity contribution < 1.29 is 86.2 Å². The van der Waals surface area contributed by atoms with Gasteiger partial charge in [0.15, 0.2) is 46.0 Å². The van der Waals surface area contributed by atoms with Crippen LogP contribution in [0.2, 0.25) is 0 Å². The summed E-state index contributed by atoms with van der Waals surface area (Å²) in [6, 6.07) is 56.2. The zero-order valence-corrected chi connectivity index (χ0v) is 70.6. The summed E-state index contributed by atoms with van der Waals surface area (Å²) in [4.78, 5) is 139. The highest BCUT2D eigenvalue weighted by atomic mass is 16.7. The molecule has 127 heavy (non-hydrogen) atoms. The van der Waals surface area contributed by atoms with E-state index in [4.69, 9.17) is 62.7 Å². The Morgan fingerprint density at radius 1 is 0.370 bits per heavy atom. The first-order valence-electron chi connectivity index (χ1n) is 41.9. The third-order valence-electron chi connectivity index (χ3n) is 24.0. The Morgan fingerprint density at radius 2 is 0.646 bits per heavy atom. The van der Waals surface area contributed by atoms with Crippen molar-refractivity contribution >= 4 is 129 Å². The quantitative estimate of drug-likeness (QED) is 0.0468. The number of hydrogen-bond acceptors (Lipinski definition) is 23. The zero-order chi connectivity index (χ0) is 87.8. The number of imide groups is 1. The van der Waals surface area contributed by atoms with Gasteiger partial charge in [-0.25, -0.2) is 4.79 Å². The highest BCUT2D eigenvalue weighted by molar-refractivity contribution is 6.18. The number of carboxylic acids is 1. The van der Waals surface area contributed by atoms with Gasteiger partial charge in [0.25, 0.3) is 35.4 Å². The highest BCUT2D eigenvalue weighted by Crippen LogP contribution is 2.48. The molecule has 0 radical (unpaired) electrons. The number of para-hydroxylation sites is 4. The van der Waals surface area contributed by atoms with Crippen molar-refractivity contribution in [2.75, 3.05) is 85.0 Å². The topological polar surface area (TPSA) is 312 Å². The Morgan fingerprint density at radius 3 is 0.921 bits per heavy atom. The normalized spacial score (nSPS) is 17.2. The van der Waals surface area contributed by atoms with Crippen LogP contribution in [0.3, 0.4) is 0 Å². The smallest absolute Gasteiger partial charge is 0.333 e. The van der Waals surface area contributed by atoms with Crippen LogP contribution in [0, 0.1) is 0 Å². The number of hydroxylamine groups is 2. The molecule has 0 spiro atoms. The Kier molecular flexibility index (Phi) is 23.0. The monoisotopic (exact) mass is 1710 g/mol. The van der Waals surface area contributed by atoms with Crippen LogP contribution in [0.1, 0.15) is 124 Å². The number of aliphatic imine (C=N–C) groups is 4. The maximum absolute atomic E-state index is 14.0. The second kappa shape index (κ2) is 35.2. The summed E-state index contributed by atoms with van der Waals surface area (Å²) in [5, 5.41) is 9.82. The molecule has 9 aliphatic heterocycles. The first-order valence-corrected chi connectivity index (χ1v) is 41.9. The lowest BCUT2D eigenvalue weighted by Gasteiger charge is -2.23. The number of nitrogens with zero attached hydrogens (tertiary/aromatic N) is 11. The maximum Gasteiger partial charge on any atom is 0.333 e. The summed E-state index contributed by atoms with van der Waals surface area (Å²) in [6.07, 6.45) is 10.9. The van der Waals surface area contributed by atoms with E-state index < -0.39 is 23.8 Å². The van der Waals surface area contributed by atoms with E-state index in [1.54, 1.807) is 68.1 Å². The number of benzene rings is 10. The van der Waals surface area contributed by atoms with Crippen molar-refractivity contribution in [3.05, 3.63) is 249 Å². The van der Waals surface area contributed by atoms with E-state index in [-0.39, 0.29) is 99.9 Å². The SMILES string of the molecule is COc1cc2c(cc1OCc1cc(COc3cc4c(cc3OC)C(=O)N3c5ccccc5C[C@H]3C=N4)cc(N(C)CCCC(=O)O)c1)N=C[C@@H]1Cc3ccccc3N1C2=O.COc1cc2c(cc1OCc1cc(COc3cc4c(cc3OC)C(=O)N3c5ccccc5C[C@H]3C=N4)cc(N(C)CCCC(=O)ON3C(=O)CCC3=O)c1)N=C[C@@H]1Cc3ccccc3N1C2=O. The van der Waals surface area contributed by atoms with Crippen LogP contribution in [-0.4, -0.2) is 162 Å². The third-order valence-corrected chi connectivity index (χ3v) is 24.0. The number of carbonyl (C=O) groups excluding carboxylic acids is 7. The van der Waals surface area contributed by atoms with Crippen LogP contribution in [0.4, 0.5) is 56.9 Å². The Bertz CT molecular complexity index is 5940. The lowest BCUT2D eigenvalue weighted by atomic mass is 10.1. The standard InChI is InChI=1S/C51H46N6O10.C47H43N5O8/c1-54(16-8-13-49(60)67-57-47(58)14-15-48(57)59)34-18-30(28-65-45-24-39-37(22-43(45)63-2)50(61)55-35(26-52-39)20-32-9-4-6-11-41(32)55)17-31(19-34)29-66-46-25-40-38(23-44(46)64-3)51(62)56-36(27-53-40)21-33-10-5-7-12-42(33)56;1-50(14-8-13-45(53)54)32-16-28(26-59-43-22-37-35(20-41(43)57-2)46(55)51-33(24-48-37)18-30-9-4-6-11-39(30)51)15-29(17-32)27-60-44-23-38-36(21-42(44)58-3)47(56)52-34(25-49-38)19-31-10-5-7-12-40(31)52/h4-7,9-12,17-19,22-27,35-36H,8,13-16,20-21,28-29H2,1-3H3;4-7,9-12,15-17,20-25,33-34H,8,13-14,18-19,26-27H2,1-3H3,(H,53,54)/t35-,36-;33-,34-/m00/s1. The Balaban J connectivity index is 0.000000173. The van der Waals surface area contributed by atoms with Crippen molar-refractivity contribution in [3.8, 4) is 46.0 Å². The molecule has 9 aliphatic rings. The number of hydrogen-bond donors (Lipinski definition) is 1. The second-order valence-corrected chi connectivity index (χ2v) is 32.2. The maximum atomic E-state index is 14.0. The number of amides is 6. The number of ether oxygens (including phenoxy) is 8. The highest BCUT2D eigenvalue weighted by Gasteiger charge is 2.42. The molecule has 4 atom stereocenters. The van der Waals surface area contributed by atoms with Gasteiger partial charge in [-0.2, -0.15) is 0 Å². The van der Waals surface area contributed by atoms with Crippen LogP contribution in [0.5, 0.6) is 46.0 Å². The van der Waals surface area contributed by atoms with Gasteiger partial charge in [0.1, 0.15) is 26.4 Å². The average molecular weight is 1710 g/mol. The minimum Gasteiger partial charge on any atom is -0.493 e. The van der Waals surface area contributed by atoms with E-state index in [0.717, 1.165) is 78.6 Å². The molecule has 9 heterocycles. The number of carboxylic acid groups (broad SMARTS) is 1. The predicted octanol–water partition coefficient (Wildman–Crippen LogP) is 15.0. The fourth-order valence-corrected chi connectivity index (χ4v) is 17.7. The van der Waals surface area contributed by atoms with Gasteiger partial charge in [-0.3, -0.25) is 73.1 Å². The molecule has 0 unspecified atom stereocenters. The van der Waals surface area contributed by atoms with Crippen LogP contribution in [0.15, 0.2) is 202 Å². The lowest BCUT2D eigenvalue weighted by Crippen LogP contribution is -2.37. The molecule has 19 rings (SSSR count). The van der Waals surface area contributed by atoms with Crippen molar-refractivity contribution in [2.24, 2.45) is 20.0 Å². The van der Waals surface area contributed by atoms with Crippen molar-refractivity contribution in [1.82, 2.24) is 5.06 Å². The first kappa shape index (κ1) is 82.8. The number of anilines is 6. The Hall–Kier alpha value is -15.2. The van der Waals surface area contributed by atoms with Crippen LogP contribution in [-0.2, 0) is 76.1 Å². The molecular formula is C98H89N11O18. The van der Waals surface area contributed by atoms with E-state index in [1.807, 2.05) is 182 Å². The summed E-state index contributed by atoms with van der Waals surface area (Å²) in [6.45, 7) is 1.39. The Labute approximate surface area is 731 Å². The molecular weight excluding hydrogens is 1620 g/mol. The molecule has 1 N–H and O–H groups in total. The summed E-state index contributed by atoms with van der Waals surface area (Å²) < 4.78 is 48.8. The van der Waals surface area contributed by atoms with E-state index >= 15 is 0 Å². The van der Waals surface area contributed by atoms with E-state index in [0.29, 0.717) is 148 Å². The van der Waals surface area contributed by atoms with Gasteiger partial charge in [-0.1, -0.05) is 72.8 Å². The van der Waals surface area contributed by atoms with Gasteiger partial charge < -0.3 is 57.6 Å². The van der Waals surface area contributed by atoms with E-state index in [2.05, 4.69) is 0 Å². The number of methoxy groups -OCH3 is 4. The van der Waals surface area contributed by atoms with Crippen molar-refractivity contribution in [3.63, 3.8) is 0 Å². The molecule has 1 saturated heterocycles. The van der Waals surface area contributed by atoms with Gasteiger partial charge in [0.2, 0.25) is 0 Å². The second-order valence-electron chi connectivity index (χ2n) is 32.2. The summed E-state index contributed by atoms with van der Waals surface area (Å²) in [5.41, 5.74) is 16.3. The molecule has 1 fully saturated rings. The van der Waals surface area contributed by atoms with Crippen molar-refractivity contribution in [1.29, 1.82) is 0 Å². The van der Waals surface area contributed by atoms with E-state index in [1.165, 1.54) is 28.4 Å². The van der Waals surface area contributed by atoms with Gasteiger partial charge in [-0.15, -0.1) is 5.06 Å². The average Bonchev–Trinajstić information content (AvgIpc) is 1.63. The minimum absolute atomic E-state index is 0.0178. The molecule has 0 aromatic heterocycles.